The van der Waals surface area contributed by atoms with E-state index in [0.29, 0.717) is 12.3 Å². The van der Waals surface area contributed by atoms with Gasteiger partial charge in [-0.25, -0.2) is 0 Å². The van der Waals surface area contributed by atoms with Gasteiger partial charge in [-0.3, -0.25) is 4.40 Å². The zero-order chi connectivity index (χ0) is 15.0. The Bertz CT molecular complexity index is 807. The Morgan fingerprint density at radius 2 is 1.95 bits per heavy atom. The normalized spacial score (nSPS) is 11.0. The Kier molecular flexibility index (Phi) is 3.25. The van der Waals surface area contributed by atoms with Crippen molar-refractivity contribution in [1.82, 2.24) is 14.6 Å². The number of pyridine rings is 1. The molecule has 0 spiro atoms. The predicted octanol–water partition coefficient (Wildman–Crippen LogP) is 2.82. The molecule has 0 fully saturated rings. The van der Waals surface area contributed by atoms with Gasteiger partial charge in [0, 0.05) is 11.9 Å². The minimum atomic E-state index is 0.356. The maximum absolute atomic E-state index is 5.89. The van der Waals surface area contributed by atoms with Crippen LogP contribution in [0.3, 0.4) is 0 Å². The number of nitrogens with zero attached hydrogens (tertiary/aromatic N) is 3. The van der Waals surface area contributed by atoms with Gasteiger partial charge in [-0.15, -0.1) is 10.2 Å². The van der Waals surface area contributed by atoms with E-state index in [2.05, 4.69) is 30.1 Å². The smallest absolute Gasteiger partial charge is 0.175 e. The van der Waals surface area contributed by atoms with E-state index >= 15 is 0 Å². The lowest BCUT2D eigenvalue weighted by molar-refractivity contribution is 0.292. The zero-order valence-electron chi connectivity index (χ0n) is 12.4. The number of aryl methyl sites for hydroxylation is 2. The number of nitrogen functional groups attached to an aromatic ring is 1. The van der Waals surface area contributed by atoms with Crippen molar-refractivity contribution in [3.8, 4) is 5.75 Å². The molecule has 2 N–H and O–H groups in total. The second-order valence-electron chi connectivity index (χ2n) is 5.25. The van der Waals surface area contributed by atoms with Crippen LogP contribution in [0, 0.1) is 20.8 Å². The third-order valence-corrected chi connectivity index (χ3v) is 3.69. The molecule has 0 atom stereocenters. The molecule has 0 amide bonds. The van der Waals surface area contributed by atoms with E-state index in [0.717, 1.165) is 28.3 Å². The van der Waals surface area contributed by atoms with Crippen LogP contribution in [-0.2, 0) is 6.61 Å². The van der Waals surface area contributed by atoms with Crippen LogP contribution in [0.15, 0.2) is 30.5 Å². The summed E-state index contributed by atoms with van der Waals surface area (Å²) in [6.45, 7) is 6.44. The molecule has 0 saturated heterocycles. The first-order valence-electron chi connectivity index (χ1n) is 6.85. The average molecular weight is 282 g/mol. The van der Waals surface area contributed by atoms with E-state index in [9.17, 15) is 0 Å². The molecule has 2 heterocycles. The van der Waals surface area contributed by atoms with Crippen molar-refractivity contribution >= 4 is 11.3 Å². The fraction of sp³-hybridized carbons (Fsp3) is 0.250. The predicted molar refractivity (Wildman–Crippen MR) is 82.4 cm³/mol. The number of hydrogen-bond acceptors (Lipinski definition) is 4. The van der Waals surface area contributed by atoms with Crippen LogP contribution >= 0.6 is 0 Å². The third kappa shape index (κ3) is 2.42. The Balaban J connectivity index is 1.91. The van der Waals surface area contributed by atoms with Gasteiger partial charge in [0.15, 0.2) is 11.5 Å². The van der Waals surface area contributed by atoms with Gasteiger partial charge in [-0.2, -0.15) is 0 Å². The first-order valence-corrected chi connectivity index (χ1v) is 6.85. The molecule has 108 valence electrons. The second kappa shape index (κ2) is 5.09. The molecule has 0 aliphatic carbocycles. The van der Waals surface area contributed by atoms with Gasteiger partial charge in [-0.05, 0) is 49.6 Å². The molecule has 0 radical (unpaired) electrons. The summed E-state index contributed by atoms with van der Waals surface area (Å²) < 4.78 is 7.77. The topological polar surface area (TPSA) is 65.4 Å². The number of anilines is 1. The summed E-state index contributed by atoms with van der Waals surface area (Å²) in [5, 5.41) is 8.39. The van der Waals surface area contributed by atoms with Crippen molar-refractivity contribution in [1.29, 1.82) is 0 Å². The maximum atomic E-state index is 5.89. The second-order valence-corrected chi connectivity index (χ2v) is 5.25. The van der Waals surface area contributed by atoms with Crippen LogP contribution in [0.2, 0.25) is 0 Å². The molecule has 3 aromatic rings. The van der Waals surface area contributed by atoms with Gasteiger partial charge in [0.1, 0.15) is 12.4 Å². The highest BCUT2D eigenvalue weighted by molar-refractivity contribution is 5.54. The summed E-state index contributed by atoms with van der Waals surface area (Å²) in [5.74, 6) is 1.61. The van der Waals surface area contributed by atoms with E-state index in [-0.39, 0.29) is 0 Å². The standard InChI is InChI=1S/C16H18N4O/c1-10-5-4-6-14(12(10)3)21-9-15-18-19-16-11(2)7-13(17)8-20(15)16/h4-8H,9,17H2,1-3H3. The monoisotopic (exact) mass is 282 g/mol. The fourth-order valence-corrected chi connectivity index (χ4v) is 2.35. The molecule has 5 nitrogen and oxygen atoms in total. The summed E-state index contributed by atoms with van der Waals surface area (Å²) in [7, 11) is 0. The fourth-order valence-electron chi connectivity index (χ4n) is 2.35. The SMILES string of the molecule is Cc1cccc(OCc2nnc3c(C)cc(N)cn23)c1C. The highest BCUT2D eigenvalue weighted by Crippen LogP contribution is 2.22. The Labute approximate surface area is 123 Å². The summed E-state index contributed by atoms with van der Waals surface area (Å²) in [5.41, 5.74) is 10.7. The van der Waals surface area contributed by atoms with Gasteiger partial charge in [-0.1, -0.05) is 12.1 Å². The van der Waals surface area contributed by atoms with Crippen molar-refractivity contribution in [2.45, 2.75) is 27.4 Å². The molecular formula is C16H18N4O. The minimum Gasteiger partial charge on any atom is -0.485 e. The molecule has 0 unspecified atom stereocenters. The van der Waals surface area contributed by atoms with Crippen molar-refractivity contribution in [3.63, 3.8) is 0 Å². The molecule has 0 aliphatic rings. The Morgan fingerprint density at radius 3 is 2.76 bits per heavy atom. The first kappa shape index (κ1) is 13.4. The third-order valence-electron chi connectivity index (χ3n) is 3.69. The molecule has 0 aliphatic heterocycles. The Hall–Kier alpha value is -2.56. The first-order chi connectivity index (χ1) is 10.1. The quantitative estimate of drug-likeness (QED) is 0.802. The van der Waals surface area contributed by atoms with Gasteiger partial charge in [0.25, 0.3) is 0 Å². The Morgan fingerprint density at radius 1 is 1.14 bits per heavy atom. The van der Waals surface area contributed by atoms with E-state index in [1.165, 1.54) is 5.56 Å². The molecule has 0 bridgehead atoms. The molecule has 3 rings (SSSR count). The molecule has 21 heavy (non-hydrogen) atoms. The molecule has 0 saturated carbocycles. The van der Waals surface area contributed by atoms with Crippen LogP contribution in [0.1, 0.15) is 22.5 Å². The number of nitrogens with two attached hydrogens (primary N) is 1. The minimum absolute atomic E-state index is 0.356. The number of rotatable bonds is 3. The van der Waals surface area contributed by atoms with Crippen molar-refractivity contribution < 1.29 is 4.74 Å². The number of hydrogen-bond donors (Lipinski definition) is 1. The molecule has 2 aromatic heterocycles. The van der Waals surface area contributed by atoms with Crippen LogP contribution < -0.4 is 10.5 Å². The maximum Gasteiger partial charge on any atom is 0.175 e. The number of fused-ring (bicyclic) bond motifs is 1. The van der Waals surface area contributed by atoms with E-state index in [1.807, 2.05) is 35.7 Å². The van der Waals surface area contributed by atoms with Gasteiger partial charge >= 0.3 is 0 Å². The van der Waals surface area contributed by atoms with Crippen LogP contribution in [0.5, 0.6) is 5.75 Å². The van der Waals surface area contributed by atoms with Crippen molar-refractivity contribution in [2.75, 3.05) is 5.73 Å². The van der Waals surface area contributed by atoms with E-state index in [1.54, 1.807) is 0 Å². The van der Waals surface area contributed by atoms with E-state index in [4.69, 9.17) is 10.5 Å². The van der Waals surface area contributed by atoms with Gasteiger partial charge in [0.2, 0.25) is 0 Å². The lowest BCUT2D eigenvalue weighted by atomic mass is 10.1. The van der Waals surface area contributed by atoms with Crippen LogP contribution in [-0.4, -0.2) is 14.6 Å². The van der Waals surface area contributed by atoms with Crippen LogP contribution in [0.4, 0.5) is 5.69 Å². The summed E-state index contributed by atoms with van der Waals surface area (Å²) in [6.07, 6.45) is 1.82. The lowest BCUT2D eigenvalue weighted by Gasteiger charge is -2.10. The highest BCUT2D eigenvalue weighted by atomic mass is 16.5. The number of aromatic nitrogens is 3. The largest absolute Gasteiger partial charge is 0.485 e. The van der Waals surface area contributed by atoms with E-state index < -0.39 is 0 Å². The summed E-state index contributed by atoms with van der Waals surface area (Å²) in [4.78, 5) is 0. The van der Waals surface area contributed by atoms with Gasteiger partial charge in [0.05, 0.1) is 0 Å². The number of ether oxygens (including phenoxy) is 1. The summed E-state index contributed by atoms with van der Waals surface area (Å²) >= 11 is 0. The number of benzene rings is 1. The van der Waals surface area contributed by atoms with Crippen LogP contribution in [0.25, 0.3) is 5.65 Å². The average Bonchev–Trinajstić information content (AvgIpc) is 2.84. The van der Waals surface area contributed by atoms with Crippen molar-refractivity contribution in [2.24, 2.45) is 0 Å². The van der Waals surface area contributed by atoms with Gasteiger partial charge < -0.3 is 10.5 Å². The summed E-state index contributed by atoms with van der Waals surface area (Å²) in [6, 6.07) is 7.91. The molecule has 5 heteroatoms. The van der Waals surface area contributed by atoms with Crippen molar-refractivity contribution in [3.05, 3.63) is 53.0 Å². The highest BCUT2D eigenvalue weighted by Gasteiger charge is 2.10. The molecular weight excluding hydrogens is 264 g/mol. The molecule has 1 aromatic carbocycles. The lowest BCUT2D eigenvalue weighted by Crippen LogP contribution is -2.04. The zero-order valence-corrected chi connectivity index (χ0v) is 12.4.